The maximum atomic E-state index is 5.68. The number of anilines is 1. The Morgan fingerprint density at radius 2 is 2.35 bits per heavy atom. The van der Waals surface area contributed by atoms with E-state index in [0.717, 1.165) is 32.1 Å². The molecule has 1 N–H and O–H groups in total. The molecule has 0 spiro atoms. The average molecular weight is 277 g/mol. The smallest absolute Gasteiger partial charge is 0.128 e. The first-order chi connectivity index (χ1) is 9.65. The van der Waals surface area contributed by atoms with Gasteiger partial charge in [0, 0.05) is 32.9 Å². The van der Waals surface area contributed by atoms with Gasteiger partial charge in [-0.1, -0.05) is 13.8 Å². The number of nitrogens with one attached hydrogen (secondary N) is 1. The van der Waals surface area contributed by atoms with Gasteiger partial charge in [0.05, 0.1) is 6.10 Å². The second-order valence-electron chi connectivity index (χ2n) is 6.06. The van der Waals surface area contributed by atoms with Crippen molar-refractivity contribution < 1.29 is 4.74 Å². The number of hydrogen-bond donors (Lipinski definition) is 1. The van der Waals surface area contributed by atoms with E-state index in [1.165, 1.54) is 18.4 Å². The molecule has 4 heteroatoms. The molecule has 1 fully saturated rings. The minimum absolute atomic E-state index is 0.365. The van der Waals surface area contributed by atoms with E-state index < -0.39 is 0 Å². The molecule has 1 atom stereocenters. The summed E-state index contributed by atoms with van der Waals surface area (Å²) in [6.07, 6.45) is 4.61. The molecule has 1 saturated heterocycles. The zero-order valence-corrected chi connectivity index (χ0v) is 12.9. The topological polar surface area (TPSA) is 37.4 Å². The van der Waals surface area contributed by atoms with Crippen molar-refractivity contribution in [3.63, 3.8) is 0 Å². The van der Waals surface area contributed by atoms with Gasteiger partial charge in [-0.2, -0.15) is 0 Å². The lowest BCUT2D eigenvalue weighted by Gasteiger charge is -2.22. The van der Waals surface area contributed by atoms with Crippen LogP contribution in [-0.2, 0) is 11.3 Å². The molecule has 0 bridgehead atoms. The van der Waals surface area contributed by atoms with E-state index in [1.54, 1.807) is 0 Å². The van der Waals surface area contributed by atoms with Crippen LogP contribution in [-0.4, -0.2) is 37.8 Å². The lowest BCUT2D eigenvalue weighted by molar-refractivity contribution is 0.116. The van der Waals surface area contributed by atoms with Crippen molar-refractivity contribution in [3.05, 3.63) is 23.9 Å². The minimum atomic E-state index is 0.365. The highest BCUT2D eigenvalue weighted by atomic mass is 16.5. The number of likely N-dealkylation sites (N-methyl/N-ethyl adjacent to an activating group) is 1. The number of ether oxygens (including phenoxy) is 1. The molecule has 0 saturated carbocycles. The highest BCUT2D eigenvalue weighted by Gasteiger charge is 2.18. The number of pyridine rings is 1. The van der Waals surface area contributed by atoms with E-state index in [-0.39, 0.29) is 0 Å². The van der Waals surface area contributed by atoms with Crippen molar-refractivity contribution in [2.24, 2.45) is 5.92 Å². The van der Waals surface area contributed by atoms with Crippen molar-refractivity contribution in [2.75, 3.05) is 31.6 Å². The van der Waals surface area contributed by atoms with Crippen molar-refractivity contribution in [1.29, 1.82) is 0 Å². The molecule has 0 aromatic carbocycles. The molecular formula is C16H27N3O. The van der Waals surface area contributed by atoms with Crippen LogP contribution in [0.3, 0.4) is 0 Å². The third kappa shape index (κ3) is 4.76. The summed E-state index contributed by atoms with van der Waals surface area (Å²) < 4.78 is 5.68. The van der Waals surface area contributed by atoms with Crippen LogP contribution in [0.1, 0.15) is 32.3 Å². The Hall–Kier alpha value is -1.13. The third-order valence-corrected chi connectivity index (χ3v) is 3.58. The van der Waals surface area contributed by atoms with Gasteiger partial charge >= 0.3 is 0 Å². The van der Waals surface area contributed by atoms with Gasteiger partial charge < -0.3 is 15.0 Å². The number of nitrogens with zero attached hydrogens (tertiary/aromatic N) is 2. The van der Waals surface area contributed by atoms with Gasteiger partial charge in [0.15, 0.2) is 0 Å². The fourth-order valence-electron chi connectivity index (χ4n) is 2.47. The molecular weight excluding hydrogens is 250 g/mol. The Morgan fingerprint density at radius 1 is 1.50 bits per heavy atom. The minimum Gasteiger partial charge on any atom is -0.376 e. The second kappa shape index (κ2) is 7.60. The summed E-state index contributed by atoms with van der Waals surface area (Å²) in [7, 11) is 2.09. The molecule has 2 heterocycles. The maximum Gasteiger partial charge on any atom is 0.128 e. The van der Waals surface area contributed by atoms with Crippen LogP contribution in [0.5, 0.6) is 0 Å². The standard InChI is InChI=1S/C16H27N3O/c1-13(2)10-17-11-14-6-7-18-16(9-14)19(3)12-15-5-4-8-20-15/h6-7,9,13,15,17H,4-5,8,10-12H2,1-3H3. The van der Waals surface area contributed by atoms with E-state index in [2.05, 4.69) is 48.2 Å². The number of hydrogen-bond acceptors (Lipinski definition) is 4. The molecule has 20 heavy (non-hydrogen) atoms. The lowest BCUT2D eigenvalue weighted by Crippen LogP contribution is -2.29. The average Bonchev–Trinajstić information content (AvgIpc) is 2.91. The van der Waals surface area contributed by atoms with E-state index in [9.17, 15) is 0 Å². The fraction of sp³-hybridized carbons (Fsp3) is 0.688. The van der Waals surface area contributed by atoms with Crippen LogP contribution in [0, 0.1) is 5.92 Å². The summed E-state index contributed by atoms with van der Waals surface area (Å²) in [5.41, 5.74) is 1.29. The Labute approximate surface area is 122 Å². The molecule has 4 nitrogen and oxygen atoms in total. The van der Waals surface area contributed by atoms with Crippen LogP contribution in [0.4, 0.5) is 5.82 Å². The first kappa shape index (κ1) is 15.3. The predicted molar refractivity (Wildman–Crippen MR) is 83.0 cm³/mol. The van der Waals surface area contributed by atoms with Crippen LogP contribution in [0.25, 0.3) is 0 Å². The van der Waals surface area contributed by atoms with Crippen molar-refractivity contribution in [1.82, 2.24) is 10.3 Å². The molecule has 1 aliphatic heterocycles. The Kier molecular flexibility index (Phi) is 5.80. The van der Waals surface area contributed by atoms with Crippen molar-refractivity contribution in [3.8, 4) is 0 Å². The van der Waals surface area contributed by atoms with Crippen LogP contribution in [0.15, 0.2) is 18.3 Å². The van der Waals surface area contributed by atoms with Crippen LogP contribution in [0.2, 0.25) is 0 Å². The van der Waals surface area contributed by atoms with Gasteiger partial charge in [0.2, 0.25) is 0 Å². The van der Waals surface area contributed by atoms with E-state index in [0.29, 0.717) is 12.0 Å². The van der Waals surface area contributed by atoms with Gasteiger partial charge in [-0.3, -0.25) is 0 Å². The summed E-state index contributed by atoms with van der Waals surface area (Å²) >= 11 is 0. The second-order valence-corrected chi connectivity index (χ2v) is 6.06. The van der Waals surface area contributed by atoms with Gasteiger partial charge in [0.25, 0.3) is 0 Å². The van der Waals surface area contributed by atoms with Gasteiger partial charge in [-0.15, -0.1) is 0 Å². The number of aromatic nitrogens is 1. The molecule has 0 aliphatic carbocycles. The molecule has 0 amide bonds. The van der Waals surface area contributed by atoms with E-state index in [1.807, 2.05) is 6.20 Å². The zero-order valence-electron chi connectivity index (χ0n) is 12.9. The van der Waals surface area contributed by atoms with Crippen LogP contribution >= 0.6 is 0 Å². The molecule has 1 aromatic heterocycles. The van der Waals surface area contributed by atoms with Gasteiger partial charge in [-0.25, -0.2) is 4.98 Å². The van der Waals surface area contributed by atoms with Crippen molar-refractivity contribution in [2.45, 2.75) is 39.3 Å². The third-order valence-electron chi connectivity index (χ3n) is 3.58. The predicted octanol–water partition coefficient (Wildman–Crippen LogP) is 2.44. The van der Waals surface area contributed by atoms with Gasteiger partial charge in [-0.05, 0) is 43.0 Å². The van der Waals surface area contributed by atoms with Gasteiger partial charge in [0.1, 0.15) is 5.82 Å². The summed E-state index contributed by atoms with van der Waals surface area (Å²) in [6.45, 7) is 8.23. The zero-order chi connectivity index (χ0) is 14.4. The maximum absolute atomic E-state index is 5.68. The molecule has 0 radical (unpaired) electrons. The summed E-state index contributed by atoms with van der Waals surface area (Å²) in [5.74, 6) is 1.71. The quantitative estimate of drug-likeness (QED) is 0.830. The Bertz CT molecular complexity index is 402. The highest BCUT2D eigenvalue weighted by Crippen LogP contribution is 2.17. The molecule has 1 unspecified atom stereocenters. The highest BCUT2D eigenvalue weighted by molar-refractivity contribution is 5.40. The molecule has 112 valence electrons. The largest absolute Gasteiger partial charge is 0.376 e. The first-order valence-corrected chi connectivity index (χ1v) is 7.63. The Morgan fingerprint density at radius 3 is 3.05 bits per heavy atom. The molecule has 2 rings (SSSR count). The number of rotatable bonds is 7. The normalized spacial score (nSPS) is 18.7. The first-order valence-electron chi connectivity index (χ1n) is 7.63. The Balaban J connectivity index is 1.87. The monoisotopic (exact) mass is 277 g/mol. The lowest BCUT2D eigenvalue weighted by atomic mass is 10.2. The SMILES string of the molecule is CC(C)CNCc1ccnc(N(C)CC2CCCO2)c1. The summed E-state index contributed by atoms with van der Waals surface area (Å²) in [4.78, 5) is 6.66. The van der Waals surface area contributed by atoms with Crippen LogP contribution < -0.4 is 10.2 Å². The molecule has 1 aromatic rings. The molecule has 1 aliphatic rings. The summed E-state index contributed by atoms with van der Waals surface area (Å²) in [5, 5.41) is 3.47. The van der Waals surface area contributed by atoms with Crippen molar-refractivity contribution >= 4 is 5.82 Å². The summed E-state index contributed by atoms with van der Waals surface area (Å²) in [6, 6.07) is 4.25. The van der Waals surface area contributed by atoms with E-state index >= 15 is 0 Å². The fourth-order valence-corrected chi connectivity index (χ4v) is 2.47. The van der Waals surface area contributed by atoms with E-state index in [4.69, 9.17) is 4.74 Å².